The second-order valence-electron chi connectivity index (χ2n) is 6.53. The molecule has 0 atom stereocenters. The van der Waals surface area contributed by atoms with Crippen LogP contribution in [-0.4, -0.2) is 67.6 Å². The summed E-state index contributed by atoms with van der Waals surface area (Å²) in [6.07, 6.45) is 13.1. The molecule has 124 valence electrons. The normalized spacial score (nSPS) is 19.2. The van der Waals surface area contributed by atoms with E-state index in [4.69, 9.17) is 0 Å². The van der Waals surface area contributed by atoms with Gasteiger partial charge in [0.1, 0.15) is 0 Å². The van der Waals surface area contributed by atoms with Crippen LogP contribution in [0, 0.1) is 0 Å². The summed E-state index contributed by atoms with van der Waals surface area (Å²) in [5.74, 6) is 0. The van der Waals surface area contributed by atoms with Crippen molar-refractivity contribution in [3.8, 4) is 0 Å². The number of hydrogen-bond acceptors (Lipinski definition) is 4. The van der Waals surface area contributed by atoms with Gasteiger partial charge in [0.05, 0.1) is 0 Å². The van der Waals surface area contributed by atoms with E-state index in [1.807, 2.05) is 12.4 Å². The highest BCUT2D eigenvalue weighted by molar-refractivity contribution is 5.44. The predicted molar refractivity (Wildman–Crippen MR) is 96.8 cm³/mol. The van der Waals surface area contributed by atoms with Crippen LogP contribution in [0.5, 0.6) is 0 Å². The Morgan fingerprint density at radius 1 is 1.09 bits per heavy atom. The molecule has 0 bridgehead atoms. The van der Waals surface area contributed by atoms with Gasteiger partial charge in [-0.3, -0.25) is 9.88 Å². The largest absolute Gasteiger partial charge is 0.369 e. The Kier molecular flexibility index (Phi) is 5.83. The molecule has 2 aliphatic rings. The van der Waals surface area contributed by atoms with Crippen molar-refractivity contribution < 1.29 is 0 Å². The second-order valence-corrected chi connectivity index (χ2v) is 6.53. The number of aromatic nitrogens is 1. The Morgan fingerprint density at radius 2 is 1.87 bits per heavy atom. The van der Waals surface area contributed by atoms with Gasteiger partial charge < -0.3 is 9.80 Å². The third-order valence-electron chi connectivity index (χ3n) is 4.72. The van der Waals surface area contributed by atoms with Gasteiger partial charge in [0.2, 0.25) is 0 Å². The highest BCUT2D eigenvalue weighted by Gasteiger charge is 2.17. The van der Waals surface area contributed by atoms with E-state index in [0.717, 1.165) is 45.8 Å². The van der Waals surface area contributed by atoms with E-state index >= 15 is 0 Å². The Hall–Kier alpha value is -1.65. The molecule has 3 rings (SSSR count). The molecule has 0 radical (unpaired) electrons. The van der Waals surface area contributed by atoms with Crippen LogP contribution in [-0.2, 0) is 0 Å². The molecule has 1 aromatic rings. The van der Waals surface area contributed by atoms with Gasteiger partial charge in [-0.15, -0.1) is 0 Å². The Bertz CT molecular complexity index is 530. The van der Waals surface area contributed by atoms with Crippen LogP contribution >= 0.6 is 0 Å². The van der Waals surface area contributed by atoms with Crippen molar-refractivity contribution in [1.82, 2.24) is 14.8 Å². The van der Waals surface area contributed by atoms with Crippen molar-refractivity contribution in [2.24, 2.45) is 0 Å². The molecule has 1 aliphatic carbocycles. The first-order chi connectivity index (χ1) is 11.3. The molecular formula is C19H28N4. The zero-order valence-corrected chi connectivity index (χ0v) is 14.2. The van der Waals surface area contributed by atoms with Gasteiger partial charge >= 0.3 is 0 Å². The summed E-state index contributed by atoms with van der Waals surface area (Å²) in [7, 11) is 2.23. The molecule has 1 aromatic heterocycles. The van der Waals surface area contributed by atoms with E-state index in [9.17, 15) is 0 Å². The number of anilines is 1. The molecule has 1 aliphatic heterocycles. The number of rotatable bonds is 6. The van der Waals surface area contributed by atoms with Gasteiger partial charge in [-0.25, -0.2) is 0 Å². The van der Waals surface area contributed by atoms with E-state index in [2.05, 4.69) is 57.1 Å². The van der Waals surface area contributed by atoms with Crippen LogP contribution in [0.15, 0.2) is 48.3 Å². The fraction of sp³-hybridized carbons (Fsp3) is 0.526. The summed E-state index contributed by atoms with van der Waals surface area (Å²) >= 11 is 0. The van der Waals surface area contributed by atoms with Crippen molar-refractivity contribution >= 4 is 5.69 Å². The molecule has 0 saturated carbocycles. The maximum atomic E-state index is 4.10. The predicted octanol–water partition coefficient (Wildman–Crippen LogP) is 2.41. The molecule has 0 aromatic carbocycles. The maximum absolute atomic E-state index is 4.10. The van der Waals surface area contributed by atoms with E-state index in [0.29, 0.717) is 0 Å². The van der Waals surface area contributed by atoms with E-state index in [-0.39, 0.29) is 0 Å². The number of piperazine rings is 1. The first-order valence-electron chi connectivity index (χ1n) is 8.73. The van der Waals surface area contributed by atoms with E-state index < -0.39 is 0 Å². The van der Waals surface area contributed by atoms with Crippen LogP contribution in [0.4, 0.5) is 5.69 Å². The van der Waals surface area contributed by atoms with Crippen LogP contribution in [0.2, 0.25) is 0 Å². The van der Waals surface area contributed by atoms with Crippen LogP contribution < -0.4 is 4.90 Å². The highest BCUT2D eigenvalue weighted by Crippen LogP contribution is 2.15. The smallest absolute Gasteiger partial charge is 0.0397 e. The second kappa shape index (κ2) is 8.27. The Balaban J connectivity index is 1.37. The average Bonchev–Trinajstić information content (AvgIpc) is 2.62. The van der Waals surface area contributed by atoms with Gasteiger partial charge in [0.25, 0.3) is 0 Å². The van der Waals surface area contributed by atoms with Crippen molar-refractivity contribution in [2.45, 2.75) is 12.8 Å². The topological polar surface area (TPSA) is 22.6 Å². The summed E-state index contributed by atoms with van der Waals surface area (Å²) < 4.78 is 0. The number of pyridine rings is 1. The molecular weight excluding hydrogens is 284 g/mol. The minimum absolute atomic E-state index is 1.08. The number of likely N-dealkylation sites (N-methyl/N-ethyl adjacent to an activating group) is 1. The fourth-order valence-electron chi connectivity index (χ4n) is 3.27. The molecule has 0 amide bonds. The number of nitrogens with zero attached hydrogens (tertiary/aromatic N) is 4. The minimum Gasteiger partial charge on any atom is -0.369 e. The van der Waals surface area contributed by atoms with Gasteiger partial charge in [0.15, 0.2) is 0 Å². The van der Waals surface area contributed by atoms with Gasteiger partial charge in [-0.05, 0) is 37.6 Å². The molecule has 2 heterocycles. The summed E-state index contributed by atoms with van der Waals surface area (Å²) in [5, 5.41) is 0. The fourth-order valence-corrected chi connectivity index (χ4v) is 3.27. The third-order valence-corrected chi connectivity index (χ3v) is 4.72. The molecule has 4 nitrogen and oxygen atoms in total. The van der Waals surface area contributed by atoms with Gasteiger partial charge in [-0.1, -0.05) is 18.2 Å². The average molecular weight is 312 g/mol. The Labute approximate surface area is 140 Å². The monoisotopic (exact) mass is 312 g/mol. The zero-order valence-electron chi connectivity index (χ0n) is 14.2. The van der Waals surface area contributed by atoms with Crippen LogP contribution in [0.25, 0.3) is 0 Å². The van der Waals surface area contributed by atoms with E-state index in [1.165, 1.54) is 24.1 Å². The molecule has 1 fully saturated rings. The molecule has 4 heteroatoms. The lowest BCUT2D eigenvalue weighted by atomic mass is 10.1. The molecule has 1 saturated heterocycles. The minimum atomic E-state index is 1.08. The van der Waals surface area contributed by atoms with Crippen molar-refractivity contribution in [1.29, 1.82) is 0 Å². The number of allylic oxidation sites excluding steroid dienone is 2. The lowest BCUT2D eigenvalue weighted by Gasteiger charge is -2.36. The highest BCUT2D eigenvalue weighted by atomic mass is 15.3. The van der Waals surface area contributed by atoms with Gasteiger partial charge in [-0.2, -0.15) is 0 Å². The van der Waals surface area contributed by atoms with Crippen LogP contribution in [0.3, 0.4) is 0 Å². The van der Waals surface area contributed by atoms with Crippen molar-refractivity contribution in [2.75, 3.05) is 57.8 Å². The van der Waals surface area contributed by atoms with Crippen LogP contribution in [0.1, 0.15) is 12.8 Å². The summed E-state index contributed by atoms with van der Waals surface area (Å²) in [6, 6.07) is 4.21. The molecule has 23 heavy (non-hydrogen) atoms. The number of hydrogen-bond donors (Lipinski definition) is 0. The van der Waals surface area contributed by atoms with E-state index in [1.54, 1.807) is 0 Å². The molecule has 0 spiro atoms. The first kappa shape index (κ1) is 16.2. The molecule has 0 N–H and O–H groups in total. The summed E-state index contributed by atoms with van der Waals surface area (Å²) in [5.41, 5.74) is 2.77. The summed E-state index contributed by atoms with van der Waals surface area (Å²) in [4.78, 5) is 11.6. The quantitative estimate of drug-likeness (QED) is 0.804. The van der Waals surface area contributed by atoms with Crippen molar-refractivity contribution in [3.63, 3.8) is 0 Å². The standard InChI is InChI=1S/C19H28N4/c1-21(17-18-5-3-2-4-6-18)11-12-22-13-15-23(16-14-22)19-7-9-20-10-8-19/h3,5-10H,2,4,11-17H2,1H3. The lowest BCUT2D eigenvalue weighted by Crippen LogP contribution is -2.48. The zero-order chi connectivity index (χ0) is 15.9. The summed E-state index contributed by atoms with van der Waals surface area (Å²) in [6.45, 7) is 7.91. The van der Waals surface area contributed by atoms with Crippen molar-refractivity contribution in [3.05, 3.63) is 48.3 Å². The molecule has 0 unspecified atom stereocenters. The maximum Gasteiger partial charge on any atom is 0.0397 e. The first-order valence-corrected chi connectivity index (χ1v) is 8.73. The third kappa shape index (κ3) is 4.91. The Morgan fingerprint density at radius 3 is 2.57 bits per heavy atom. The van der Waals surface area contributed by atoms with Gasteiger partial charge in [0, 0.05) is 63.9 Å². The lowest BCUT2D eigenvalue weighted by molar-refractivity contribution is 0.222. The SMILES string of the molecule is CN(CCN1CCN(c2ccncc2)CC1)CC1=CCCC=C1.